The molecule has 0 spiro atoms. The number of carbonyl (C=O) groups is 2. The first-order valence-corrected chi connectivity index (χ1v) is 9.76. The van der Waals surface area contributed by atoms with Gasteiger partial charge in [0.25, 0.3) is 11.8 Å². The monoisotopic (exact) mass is 424 g/mol. The van der Waals surface area contributed by atoms with E-state index in [9.17, 15) is 9.59 Å². The van der Waals surface area contributed by atoms with Gasteiger partial charge in [-0.1, -0.05) is 31.1 Å². The van der Waals surface area contributed by atoms with Crippen LogP contribution in [0.25, 0.3) is 11.5 Å². The van der Waals surface area contributed by atoms with Gasteiger partial charge < -0.3 is 19.3 Å². The van der Waals surface area contributed by atoms with E-state index < -0.39 is 17.9 Å². The van der Waals surface area contributed by atoms with E-state index >= 15 is 0 Å². The molecule has 0 aliphatic carbocycles. The number of nitrogens with one attached hydrogen (secondary N) is 1. The van der Waals surface area contributed by atoms with Gasteiger partial charge in [-0.15, -0.1) is 0 Å². The number of amides is 1. The largest absolute Gasteiger partial charge is 0.493 e. The average molecular weight is 424 g/mol. The number of esters is 1. The van der Waals surface area contributed by atoms with Crippen molar-refractivity contribution in [2.75, 3.05) is 7.11 Å². The van der Waals surface area contributed by atoms with E-state index in [1.807, 2.05) is 24.3 Å². The van der Waals surface area contributed by atoms with E-state index in [0.29, 0.717) is 17.6 Å². The van der Waals surface area contributed by atoms with Gasteiger partial charge in [0.2, 0.25) is 5.75 Å². The Kier molecular flexibility index (Phi) is 6.64. The van der Waals surface area contributed by atoms with Crippen LogP contribution in [0.5, 0.6) is 11.5 Å². The summed E-state index contributed by atoms with van der Waals surface area (Å²) in [6.07, 6.45) is 1.39. The molecule has 2 heterocycles. The molecule has 1 aromatic carbocycles. The summed E-state index contributed by atoms with van der Waals surface area (Å²) >= 11 is 0. The third-order valence-corrected chi connectivity index (χ3v) is 4.53. The zero-order chi connectivity index (χ0) is 22.5. The second kappa shape index (κ2) is 9.38. The van der Waals surface area contributed by atoms with Gasteiger partial charge in [0.1, 0.15) is 0 Å². The molecule has 1 N–H and O–H groups in total. The first-order chi connectivity index (χ1) is 14.8. The molecule has 3 rings (SSSR count). The average Bonchev–Trinajstić information content (AvgIpc) is 3.24. The van der Waals surface area contributed by atoms with Crippen LogP contribution in [-0.2, 0) is 4.79 Å². The van der Waals surface area contributed by atoms with Crippen LogP contribution in [0.4, 0.5) is 0 Å². The van der Waals surface area contributed by atoms with Gasteiger partial charge in [0, 0.05) is 24.8 Å². The number of rotatable bonds is 7. The predicted octanol–water partition coefficient (Wildman–Crippen LogP) is 3.68. The minimum atomic E-state index is -0.597. The summed E-state index contributed by atoms with van der Waals surface area (Å²) in [6, 6.07) is 8.77. The molecule has 9 nitrogen and oxygen atoms in total. The van der Waals surface area contributed by atoms with Crippen LogP contribution < -0.4 is 14.8 Å². The molecule has 0 fully saturated rings. The SMILES string of the molecule is COc1ccnc(C(=O)N[C@@H](C)c2noc(-c3cccc(C(C)C)c3)n2)c1OC(C)=O. The lowest BCUT2D eigenvalue weighted by Gasteiger charge is -2.14. The lowest BCUT2D eigenvalue weighted by Crippen LogP contribution is -2.29. The number of hydrogen-bond acceptors (Lipinski definition) is 8. The highest BCUT2D eigenvalue weighted by atomic mass is 16.6. The Morgan fingerprint density at radius 2 is 1.94 bits per heavy atom. The zero-order valence-electron chi connectivity index (χ0n) is 18.0. The van der Waals surface area contributed by atoms with E-state index in [1.54, 1.807) is 6.92 Å². The van der Waals surface area contributed by atoms with Crippen molar-refractivity contribution in [3.8, 4) is 23.0 Å². The molecule has 1 amide bonds. The summed E-state index contributed by atoms with van der Waals surface area (Å²) in [7, 11) is 1.40. The normalized spacial score (nSPS) is 11.8. The van der Waals surface area contributed by atoms with Gasteiger partial charge in [-0.2, -0.15) is 4.98 Å². The number of pyridine rings is 1. The van der Waals surface area contributed by atoms with Crippen molar-refractivity contribution < 1.29 is 23.6 Å². The van der Waals surface area contributed by atoms with Crippen LogP contribution >= 0.6 is 0 Å². The molecule has 0 unspecified atom stereocenters. The van der Waals surface area contributed by atoms with E-state index in [4.69, 9.17) is 14.0 Å². The predicted molar refractivity (Wildman–Crippen MR) is 112 cm³/mol. The van der Waals surface area contributed by atoms with Crippen LogP contribution in [0.1, 0.15) is 61.5 Å². The minimum Gasteiger partial charge on any atom is -0.493 e. The van der Waals surface area contributed by atoms with E-state index in [-0.39, 0.29) is 17.2 Å². The first kappa shape index (κ1) is 21.9. The minimum absolute atomic E-state index is 0.0542. The molecular formula is C22H24N4O5. The zero-order valence-corrected chi connectivity index (χ0v) is 18.0. The lowest BCUT2D eigenvalue weighted by molar-refractivity contribution is -0.132. The second-order valence-electron chi connectivity index (χ2n) is 7.22. The third kappa shape index (κ3) is 5.06. The molecule has 0 aliphatic rings. The third-order valence-electron chi connectivity index (χ3n) is 4.53. The number of carbonyl (C=O) groups excluding carboxylic acids is 2. The summed E-state index contributed by atoms with van der Waals surface area (Å²) in [6.45, 7) is 7.15. The van der Waals surface area contributed by atoms with E-state index in [0.717, 1.165) is 11.1 Å². The Morgan fingerprint density at radius 1 is 1.16 bits per heavy atom. The van der Waals surface area contributed by atoms with Gasteiger partial charge in [-0.3, -0.25) is 9.59 Å². The Hall–Kier alpha value is -3.75. The quantitative estimate of drug-likeness (QED) is 0.571. The van der Waals surface area contributed by atoms with Gasteiger partial charge in [0.15, 0.2) is 17.3 Å². The van der Waals surface area contributed by atoms with Crippen molar-refractivity contribution >= 4 is 11.9 Å². The summed E-state index contributed by atoms with van der Waals surface area (Å²) in [5, 5.41) is 6.73. The molecule has 0 bridgehead atoms. The van der Waals surface area contributed by atoms with Crippen molar-refractivity contribution in [1.29, 1.82) is 0 Å². The Labute approximate surface area is 179 Å². The fourth-order valence-electron chi connectivity index (χ4n) is 2.88. The fraction of sp³-hybridized carbons (Fsp3) is 0.318. The van der Waals surface area contributed by atoms with Crippen molar-refractivity contribution in [3.63, 3.8) is 0 Å². The highest BCUT2D eigenvalue weighted by molar-refractivity contribution is 5.96. The summed E-state index contributed by atoms with van der Waals surface area (Å²) in [5.74, 6) is 0.0169. The van der Waals surface area contributed by atoms with Crippen LogP contribution in [0.15, 0.2) is 41.1 Å². The molecule has 9 heteroatoms. The molecular weight excluding hydrogens is 400 g/mol. The van der Waals surface area contributed by atoms with Gasteiger partial charge in [0.05, 0.1) is 13.2 Å². The maximum absolute atomic E-state index is 12.8. The molecule has 3 aromatic rings. The van der Waals surface area contributed by atoms with Gasteiger partial charge in [-0.05, 0) is 30.5 Å². The summed E-state index contributed by atoms with van der Waals surface area (Å²) < 4.78 is 15.7. The lowest BCUT2D eigenvalue weighted by atomic mass is 10.0. The van der Waals surface area contributed by atoms with Crippen molar-refractivity contribution in [1.82, 2.24) is 20.4 Å². The number of aromatic nitrogens is 3. The van der Waals surface area contributed by atoms with Crippen LogP contribution in [-0.4, -0.2) is 34.1 Å². The van der Waals surface area contributed by atoms with Crippen LogP contribution in [0.3, 0.4) is 0 Å². The molecule has 0 saturated heterocycles. The van der Waals surface area contributed by atoms with Crippen LogP contribution in [0.2, 0.25) is 0 Å². The standard InChI is InChI=1S/C22H24N4O5/c1-12(2)15-7-6-8-16(11-15)22-25-20(26-31-22)13(3)24-21(28)18-19(30-14(4)27)17(29-5)9-10-23-18/h6-13H,1-5H3,(H,24,28)/t13-/m0/s1. The Morgan fingerprint density at radius 3 is 2.61 bits per heavy atom. The highest BCUT2D eigenvalue weighted by Crippen LogP contribution is 2.30. The van der Waals surface area contributed by atoms with Crippen molar-refractivity contribution in [3.05, 3.63) is 53.6 Å². The smallest absolute Gasteiger partial charge is 0.308 e. The number of hydrogen-bond donors (Lipinski definition) is 1. The maximum Gasteiger partial charge on any atom is 0.308 e. The number of ether oxygens (including phenoxy) is 2. The number of methoxy groups -OCH3 is 1. The first-order valence-electron chi connectivity index (χ1n) is 9.76. The second-order valence-corrected chi connectivity index (χ2v) is 7.22. The molecule has 0 radical (unpaired) electrons. The number of benzene rings is 1. The molecule has 0 aliphatic heterocycles. The van der Waals surface area contributed by atoms with Crippen molar-refractivity contribution in [2.24, 2.45) is 0 Å². The Bertz CT molecular complexity index is 1090. The molecule has 0 saturated carbocycles. The Balaban J connectivity index is 1.80. The topological polar surface area (TPSA) is 116 Å². The highest BCUT2D eigenvalue weighted by Gasteiger charge is 2.24. The summed E-state index contributed by atoms with van der Waals surface area (Å²) in [5.41, 5.74) is 1.87. The van der Waals surface area contributed by atoms with E-state index in [1.165, 1.54) is 26.3 Å². The maximum atomic E-state index is 12.8. The molecule has 2 aromatic heterocycles. The molecule has 31 heavy (non-hydrogen) atoms. The van der Waals surface area contributed by atoms with Gasteiger partial charge >= 0.3 is 5.97 Å². The molecule has 1 atom stereocenters. The van der Waals surface area contributed by atoms with E-state index in [2.05, 4.69) is 34.3 Å². The molecule has 162 valence electrons. The van der Waals surface area contributed by atoms with Crippen molar-refractivity contribution in [2.45, 2.75) is 39.7 Å². The van der Waals surface area contributed by atoms with Crippen LogP contribution in [0, 0.1) is 0 Å². The fourth-order valence-corrected chi connectivity index (χ4v) is 2.88. The number of nitrogens with zero attached hydrogens (tertiary/aromatic N) is 3. The summed E-state index contributed by atoms with van der Waals surface area (Å²) in [4.78, 5) is 32.7. The van der Waals surface area contributed by atoms with Gasteiger partial charge in [-0.25, -0.2) is 4.98 Å².